The molecule has 5 nitrogen and oxygen atoms in total. The van der Waals surface area contributed by atoms with Crippen LogP contribution in [0.15, 0.2) is 0 Å². The van der Waals surface area contributed by atoms with Crippen LogP contribution < -0.4 is 0 Å². The van der Waals surface area contributed by atoms with Crippen molar-refractivity contribution in [2.45, 2.75) is 44.1 Å². The standard InChI is InChI=1S/C10H21NO4/c1-2-3-4-11-5-8(13)10(15)9(14)7(11)6-12/h7-10,12-15H,2-6H2,1H3/t7?,8-,9+,10?/m0/s1. The zero-order valence-corrected chi connectivity index (χ0v) is 9.08. The number of piperidine rings is 1. The van der Waals surface area contributed by atoms with Crippen molar-refractivity contribution in [2.75, 3.05) is 19.7 Å². The van der Waals surface area contributed by atoms with E-state index < -0.39 is 24.4 Å². The van der Waals surface area contributed by atoms with E-state index in [1.165, 1.54) is 0 Å². The molecular weight excluding hydrogens is 198 g/mol. The third kappa shape index (κ3) is 2.89. The van der Waals surface area contributed by atoms with Crippen molar-refractivity contribution in [1.82, 2.24) is 4.90 Å². The van der Waals surface area contributed by atoms with Crippen LogP contribution in [0.1, 0.15) is 19.8 Å². The van der Waals surface area contributed by atoms with Gasteiger partial charge in [-0.05, 0) is 13.0 Å². The number of β-amino-alcohol motifs (C(OH)–C–C–N with tert-alkyl or cyclic N) is 1. The predicted molar refractivity (Wildman–Crippen MR) is 55.4 cm³/mol. The highest BCUT2D eigenvalue weighted by atomic mass is 16.4. The van der Waals surface area contributed by atoms with Gasteiger partial charge in [-0.1, -0.05) is 13.3 Å². The van der Waals surface area contributed by atoms with Gasteiger partial charge < -0.3 is 20.4 Å². The van der Waals surface area contributed by atoms with Crippen molar-refractivity contribution in [3.05, 3.63) is 0 Å². The molecule has 4 N–H and O–H groups in total. The molecule has 4 atom stereocenters. The molecule has 1 aliphatic heterocycles. The summed E-state index contributed by atoms with van der Waals surface area (Å²) < 4.78 is 0. The van der Waals surface area contributed by atoms with Gasteiger partial charge in [-0.15, -0.1) is 0 Å². The van der Waals surface area contributed by atoms with Crippen molar-refractivity contribution in [3.8, 4) is 0 Å². The molecule has 0 radical (unpaired) electrons. The molecule has 90 valence electrons. The fraction of sp³-hybridized carbons (Fsp3) is 1.00. The van der Waals surface area contributed by atoms with E-state index in [9.17, 15) is 15.3 Å². The van der Waals surface area contributed by atoms with Gasteiger partial charge >= 0.3 is 0 Å². The fourth-order valence-corrected chi connectivity index (χ4v) is 2.00. The van der Waals surface area contributed by atoms with Crippen LogP contribution in [0.5, 0.6) is 0 Å². The van der Waals surface area contributed by atoms with Crippen LogP contribution in [0.25, 0.3) is 0 Å². The van der Waals surface area contributed by atoms with E-state index in [4.69, 9.17) is 5.11 Å². The molecule has 0 amide bonds. The number of hydrogen-bond acceptors (Lipinski definition) is 5. The van der Waals surface area contributed by atoms with E-state index >= 15 is 0 Å². The minimum Gasteiger partial charge on any atom is -0.395 e. The SMILES string of the molecule is CCCCN1C[C@H](O)C(O)[C@H](O)C1CO. The van der Waals surface area contributed by atoms with Gasteiger partial charge in [0, 0.05) is 6.54 Å². The highest BCUT2D eigenvalue weighted by molar-refractivity contribution is 4.93. The van der Waals surface area contributed by atoms with E-state index in [-0.39, 0.29) is 6.61 Å². The second-order valence-corrected chi connectivity index (χ2v) is 4.15. The molecule has 0 bridgehead atoms. The normalized spacial score (nSPS) is 38.2. The fourth-order valence-electron chi connectivity index (χ4n) is 2.00. The van der Waals surface area contributed by atoms with Crippen LogP contribution in [0, 0.1) is 0 Å². The minimum atomic E-state index is -1.15. The quantitative estimate of drug-likeness (QED) is 0.465. The number of rotatable bonds is 4. The van der Waals surface area contributed by atoms with Crippen LogP contribution in [0.2, 0.25) is 0 Å². The first-order valence-corrected chi connectivity index (χ1v) is 5.51. The largest absolute Gasteiger partial charge is 0.395 e. The Balaban J connectivity index is 2.60. The summed E-state index contributed by atoms with van der Waals surface area (Å²) in [5, 5.41) is 37.8. The van der Waals surface area contributed by atoms with Crippen LogP contribution in [0.4, 0.5) is 0 Å². The molecule has 2 unspecified atom stereocenters. The molecular formula is C10H21NO4. The maximum atomic E-state index is 9.67. The van der Waals surface area contributed by atoms with E-state index in [1.807, 2.05) is 4.90 Å². The second kappa shape index (κ2) is 5.77. The van der Waals surface area contributed by atoms with Crippen molar-refractivity contribution < 1.29 is 20.4 Å². The van der Waals surface area contributed by atoms with Gasteiger partial charge in [-0.3, -0.25) is 4.90 Å². The van der Waals surface area contributed by atoms with E-state index in [0.717, 1.165) is 19.4 Å². The van der Waals surface area contributed by atoms with Crippen LogP contribution >= 0.6 is 0 Å². The number of aliphatic hydroxyl groups excluding tert-OH is 4. The Morgan fingerprint density at radius 1 is 1.20 bits per heavy atom. The third-order valence-corrected chi connectivity index (χ3v) is 3.01. The first kappa shape index (κ1) is 12.9. The van der Waals surface area contributed by atoms with Crippen LogP contribution in [-0.4, -0.2) is 69.4 Å². The molecule has 1 aliphatic rings. The van der Waals surface area contributed by atoms with E-state index in [0.29, 0.717) is 6.54 Å². The molecule has 5 heteroatoms. The Morgan fingerprint density at radius 2 is 1.87 bits per heavy atom. The summed E-state index contributed by atoms with van der Waals surface area (Å²) in [5.41, 5.74) is 0. The molecule has 0 aliphatic carbocycles. The Labute approximate surface area is 90.0 Å². The highest BCUT2D eigenvalue weighted by Crippen LogP contribution is 2.19. The number of nitrogens with zero attached hydrogens (tertiary/aromatic N) is 1. The van der Waals surface area contributed by atoms with Crippen molar-refractivity contribution in [3.63, 3.8) is 0 Å². The average Bonchev–Trinajstić information content (AvgIpc) is 2.23. The van der Waals surface area contributed by atoms with Crippen molar-refractivity contribution in [1.29, 1.82) is 0 Å². The van der Waals surface area contributed by atoms with Crippen molar-refractivity contribution >= 4 is 0 Å². The topological polar surface area (TPSA) is 84.2 Å². The zero-order valence-electron chi connectivity index (χ0n) is 9.08. The summed E-state index contributed by atoms with van der Waals surface area (Å²) in [6.45, 7) is 2.89. The number of aliphatic hydroxyl groups is 4. The Hall–Kier alpha value is -0.200. The van der Waals surface area contributed by atoms with Crippen molar-refractivity contribution in [2.24, 2.45) is 0 Å². The smallest absolute Gasteiger partial charge is 0.109 e. The number of likely N-dealkylation sites (tertiary alicyclic amines) is 1. The van der Waals surface area contributed by atoms with Gasteiger partial charge in [-0.25, -0.2) is 0 Å². The van der Waals surface area contributed by atoms with Gasteiger partial charge in [0.05, 0.1) is 18.8 Å². The lowest BCUT2D eigenvalue weighted by Crippen LogP contribution is -2.62. The molecule has 0 aromatic carbocycles. The summed E-state index contributed by atoms with van der Waals surface area (Å²) in [6, 6.07) is -0.463. The summed E-state index contributed by atoms with van der Waals surface area (Å²) in [4.78, 5) is 1.84. The van der Waals surface area contributed by atoms with E-state index in [2.05, 4.69) is 6.92 Å². The summed E-state index contributed by atoms with van der Waals surface area (Å²) in [6.07, 6.45) is -1.19. The molecule has 15 heavy (non-hydrogen) atoms. The molecule has 1 saturated heterocycles. The summed E-state index contributed by atoms with van der Waals surface area (Å²) >= 11 is 0. The lowest BCUT2D eigenvalue weighted by atomic mass is 9.94. The Morgan fingerprint density at radius 3 is 2.40 bits per heavy atom. The molecule has 0 spiro atoms. The lowest BCUT2D eigenvalue weighted by Gasteiger charge is -2.43. The number of unbranched alkanes of at least 4 members (excludes halogenated alkanes) is 1. The third-order valence-electron chi connectivity index (χ3n) is 3.01. The molecule has 1 fully saturated rings. The average molecular weight is 219 g/mol. The lowest BCUT2D eigenvalue weighted by molar-refractivity contribution is -0.145. The van der Waals surface area contributed by atoms with Gasteiger partial charge in [0.25, 0.3) is 0 Å². The van der Waals surface area contributed by atoms with Gasteiger partial charge in [-0.2, -0.15) is 0 Å². The molecule has 1 rings (SSSR count). The van der Waals surface area contributed by atoms with E-state index in [1.54, 1.807) is 0 Å². The minimum absolute atomic E-state index is 0.200. The van der Waals surface area contributed by atoms with Gasteiger partial charge in [0.1, 0.15) is 12.2 Å². The van der Waals surface area contributed by atoms with Crippen LogP contribution in [0.3, 0.4) is 0 Å². The molecule has 1 heterocycles. The predicted octanol–water partition coefficient (Wildman–Crippen LogP) is -1.45. The molecule has 0 aromatic heterocycles. The monoisotopic (exact) mass is 219 g/mol. The highest BCUT2D eigenvalue weighted by Gasteiger charge is 2.40. The Kier molecular flexibility index (Phi) is 4.95. The van der Waals surface area contributed by atoms with Gasteiger partial charge in [0.15, 0.2) is 0 Å². The van der Waals surface area contributed by atoms with Crippen LogP contribution in [-0.2, 0) is 0 Å². The molecule has 0 aromatic rings. The summed E-state index contributed by atoms with van der Waals surface area (Å²) in [5.74, 6) is 0. The van der Waals surface area contributed by atoms with Gasteiger partial charge in [0.2, 0.25) is 0 Å². The first-order chi connectivity index (χ1) is 7.11. The first-order valence-electron chi connectivity index (χ1n) is 5.51. The zero-order chi connectivity index (χ0) is 11.4. The summed E-state index contributed by atoms with van der Waals surface area (Å²) in [7, 11) is 0. The maximum Gasteiger partial charge on any atom is 0.109 e. The Bertz CT molecular complexity index is 190. The molecule has 0 saturated carbocycles. The maximum absolute atomic E-state index is 9.67. The second-order valence-electron chi connectivity index (χ2n) is 4.15. The number of hydrogen-bond donors (Lipinski definition) is 4.